The molecule has 7 heavy (non-hydrogen) atoms. The number of aliphatic hydroxyl groups is 1. The summed E-state index contributed by atoms with van der Waals surface area (Å²) < 4.78 is 0. The fourth-order valence-electron chi connectivity index (χ4n) is 0.0812. The van der Waals surface area contributed by atoms with Gasteiger partial charge in [0.1, 0.15) is 0 Å². The second-order valence-corrected chi connectivity index (χ2v) is 1.52. The van der Waals surface area contributed by atoms with Gasteiger partial charge in [-0.2, -0.15) is 5.90 Å². The first kappa shape index (κ1) is 6.59. The van der Waals surface area contributed by atoms with Crippen LogP contribution in [0.5, 0.6) is 0 Å². The highest BCUT2D eigenvalue weighted by Crippen LogP contribution is 2.02. The van der Waals surface area contributed by atoms with Gasteiger partial charge in [0.25, 0.3) is 0 Å². The van der Waals surface area contributed by atoms with E-state index >= 15 is 0 Å². The van der Waals surface area contributed by atoms with Crippen LogP contribution in [0.2, 0.25) is 0 Å². The normalized spacial score (nSPS) is 13.0. The molecule has 0 rings (SSSR count). The van der Waals surface area contributed by atoms with Crippen LogP contribution >= 0.6 is 11.6 Å². The summed E-state index contributed by atoms with van der Waals surface area (Å²) in [5.74, 6) is 4.04. The minimum absolute atomic E-state index is 0.141. The molecule has 0 saturated heterocycles. The van der Waals surface area contributed by atoms with Crippen molar-refractivity contribution in [1.29, 1.82) is 0 Å². The van der Waals surface area contributed by atoms with Crippen molar-refractivity contribution in [2.24, 2.45) is 5.90 Å². The Kier molecular flexibility index (Phi) is 2.55. The Bertz CT molecular complexity index is 86.9. The minimum atomic E-state index is -0.443. The second kappa shape index (κ2) is 2.71. The number of hydrogen-bond acceptors (Lipinski definition) is 3. The zero-order chi connectivity index (χ0) is 5.86. The summed E-state index contributed by atoms with van der Waals surface area (Å²) in [5.41, 5.74) is 0. The lowest BCUT2D eigenvalue weighted by Crippen LogP contribution is -1.98. The summed E-state index contributed by atoms with van der Waals surface area (Å²) in [7, 11) is 0. The van der Waals surface area contributed by atoms with Gasteiger partial charge in [-0.15, -0.1) is 0 Å². The van der Waals surface area contributed by atoms with Crippen molar-refractivity contribution in [2.75, 3.05) is 0 Å². The Hall–Kier alpha value is -0.410. The van der Waals surface area contributed by atoms with Crippen LogP contribution in [0.15, 0.2) is 11.0 Å². The van der Waals surface area contributed by atoms with E-state index in [1.165, 1.54) is 6.92 Å². The number of aliphatic hydroxyl groups excluding tert-OH is 1. The van der Waals surface area contributed by atoms with Crippen LogP contribution in [0.4, 0.5) is 0 Å². The molecule has 0 atom stereocenters. The summed E-state index contributed by atoms with van der Waals surface area (Å²) in [6.07, 6.45) is 0. The Balaban J connectivity index is 3.72. The average Bonchev–Trinajstić information content (AvgIpc) is 1.65. The highest BCUT2D eigenvalue weighted by atomic mass is 35.5. The van der Waals surface area contributed by atoms with Crippen LogP contribution < -0.4 is 5.90 Å². The van der Waals surface area contributed by atoms with Gasteiger partial charge in [0.05, 0.1) is 5.03 Å². The van der Waals surface area contributed by atoms with Gasteiger partial charge in [-0.05, 0) is 6.92 Å². The molecule has 0 aromatic heterocycles. The van der Waals surface area contributed by atoms with Crippen LogP contribution in [0.25, 0.3) is 0 Å². The van der Waals surface area contributed by atoms with Crippen molar-refractivity contribution in [2.45, 2.75) is 6.92 Å². The van der Waals surface area contributed by atoms with E-state index in [1.54, 1.807) is 0 Å². The quantitative estimate of drug-likeness (QED) is 0.402. The molecule has 0 aromatic carbocycles. The van der Waals surface area contributed by atoms with Gasteiger partial charge in [-0.3, -0.25) is 0 Å². The SMILES string of the molecule is C/C(Cl)=C(/O)ON. The van der Waals surface area contributed by atoms with Crippen molar-refractivity contribution < 1.29 is 9.94 Å². The standard InChI is InChI=1S/C3H6ClNO2/c1-2(4)3(6)7-5/h6H,5H2,1H3/b3-2+. The highest BCUT2D eigenvalue weighted by Gasteiger charge is 1.91. The molecule has 0 amide bonds. The van der Waals surface area contributed by atoms with Gasteiger partial charge < -0.3 is 9.94 Å². The van der Waals surface area contributed by atoms with Gasteiger partial charge in [0, 0.05) is 0 Å². The molecule has 0 aliphatic rings. The van der Waals surface area contributed by atoms with E-state index in [0.29, 0.717) is 0 Å². The Morgan fingerprint density at radius 1 is 1.86 bits per heavy atom. The predicted molar refractivity (Wildman–Crippen MR) is 26.5 cm³/mol. The summed E-state index contributed by atoms with van der Waals surface area (Å²) in [6, 6.07) is 0. The minimum Gasteiger partial charge on any atom is -0.479 e. The first-order valence-corrected chi connectivity index (χ1v) is 1.98. The van der Waals surface area contributed by atoms with Crippen LogP contribution in [-0.2, 0) is 4.84 Å². The number of allylic oxidation sites excluding steroid dienone is 1. The van der Waals surface area contributed by atoms with Crippen molar-refractivity contribution >= 4 is 11.6 Å². The van der Waals surface area contributed by atoms with Crippen molar-refractivity contribution in [3.63, 3.8) is 0 Å². The van der Waals surface area contributed by atoms with Crippen LogP contribution in [0, 0.1) is 0 Å². The van der Waals surface area contributed by atoms with E-state index in [4.69, 9.17) is 16.7 Å². The molecule has 0 aliphatic carbocycles. The highest BCUT2D eigenvalue weighted by molar-refractivity contribution is 6.29. The topological polar surface area (TPSA) is 55.5 Å². The Morgan fingerprint density at radius 2 is 2.29 bits per heavy atom. The van der Waals surface area contributed by atoms with Gasteiger partial charge >= 0.3 is 5.95 Å². The van der Waals surface area contributed by atoms with Crippen LogP contribution in [0.3, 0.4) is 0 Å². The molecule has 0 spiro atoms. The third-order valence-electron chi connectivity index (χ3n) is 0.406. The molecule has 0 saturated carbocycles. The van der Waals surface area contributed by atoms with Gasteiger partial charge in [-0.1, -0.05) is 11.6 Å². The summed E-state index contributed by atoms with van der Waals surface area (Å²) in [4.78, 5) is 3.81. The maximum absolute atomic E-state index is 8.34. The second-order valence-electron chi connectivity index (χ2n) is 0.956. The molecule has 0 unspecified atom stereocenters. The average molecular weight is 124 g/mol. The van der Waals surface area contributed by atoms with Gasteiger partial charge in [0.15, 0.2) is 0 Å². The lowest BCUT2D eigenvalue weighted by Gasteiger charge is -1.92. The van der Waals surface area contributed by atoms with E-state index < -0.39 is 5.95 Å². The number of hydrogen-bond donors (Lipinski definition) is 2. The molecule has 0 radical (unpaired) electrons. The molecule has 3 nitrogen and oxygen atoms in total. The van der Waals surface area contributed by atoms with E-state index in [1.807, 2.05) is 0 Å². The molecule has 3 N–H and O–H groups in total. The zero-order valence-electron chi connectivity index (χ0n) is 3.81. The lowest BCUT2D eigenvalue weighted by atomic mass is 10.7. The molecule has 0 aliphatic heterocycles. The van der Waals surface area contributed by atoms with Gasteiger partial charge in [0.2, 0.25) is 0 Å². The van der Waals surface area contributed by atoms with E-state index in [-0.39, 0.29) is 5.03 Å². The molecule has 4 heteroatoms. The monoisotopic (exact) mass is 123 g/mol. The molecule has 0 heterocycles. The lowest BCUT2D eigenvalue weighted by molar-refractivity contribution is 0.0926. The third kappa shape index (κ3) is 2.31. The summed E-state index contributed by atoms with van der Waals surface area (Å²) in [6.45, 7) is 1.46. The van der Waals surface area contributed by atoms with E-state index in [0.717, 1.165) is 0 Å². The smallest absolute Gasteiger partial charge is 0.311 e. The number of nitrogens with two attached hydrogens (primary N) is 1. The molecule has 0 fully saturated rings. The summed E-state index contributed by atoms with van der Waals surface area (Å²) in [5, 5.41) is 8.48. The molecule has 0 bridgehead atoms. The largest absolute Gasteiger partial charge is 0.479 e. The van der Waals surface area contributed by atoms with E-state index in [9.17, 15) is 0 Å². The third-order valence-corrected chi connectivity index (χ3v) is 0.568. The Labute approximate surface area is 46.3 Å². The Morgan fingerprint density at radius 3 is 2.29 bits per heavy atom. The zero-order valence-corrected chi connectivity index (χ0v) is 4.57. The summed E-state index contributed by atoms with van der Waals surface area (Å²) >= 11 is 5.15. The molecular formula is C3H6ClNO2. The fraction of sp³-hybridized carbons (Fsp3) is 0.333. The first-order valence-electron chi connectivity index (χ1n) is 1.60. The maximum atomic E-state index is 8.34. The number of halogens is 1. The van der Waals surface area contributed by atoms with Crippen LogP contribution in [-0.4, -0.2) is 5.11 Å². The molecule has 42 valence electrons. The van der Waals surface area contributed by atoms with Crippen LogP contribution in [0.1, 0.15) is 6.92 Å². The fourth-order valence-corrected chi connectivity index (χ4v) is 0.126. The predicted octanol–water partition coefficient (Wildman–Crippen LogP) is 0.863. The number of rotatable bonds is 1. The van der Waals surface area contributed by atoms with E-state index in [2.05, 4.69) is 10.7 Å². The molecule has 0 aromatic rings. The molecular weight excluding hydrogens is 117 g/mol. The first-order chi connectivity index (χ1) is 3.18. The van der Waals surface area contributed by atoms with Gasteiger partial charge in [-0.25, -0.2) is 0 Å². The maximum Gasteiger partial charge on any atom is 0.311 e. The van der Waals surface area contributed by atoms with Crippen molar-refractivity contribution in [3.8, 4) is 0 Å². The van der Waals surface area contributed by atoms with Crippen molar-refractivity contribution in [3.05, 3.63) is 11.0 Å². The van der Waals surface area contributed by atoms with Crippen molar-refractivity contribution in [1.82, 2.24) is 0 Å².